The van der Waals surface area contributed by atoms with Crippen LogP contribution in [0.15, 0.2) is 47.4 Å². The average Bonchev–Trinajstić information content (AvgIpc) is 3.19. The number of sulfonamides is 1. The molecule has 0 saturated heterocycles. The number of amides is 1. The lowest BCUT2D eigenvalue weighted by Gasteiger charge is -2.14. The van der Waals surface area contributed by atoms with Gasteiger partial charge in [-0.15, -0.1) is 0 Å². The van der Waals surface area contributed by atoms with Crippen molar-refractivity contribution in [3.63, 3.8) is 0 Å². The van der Waals surface area contributed by atoms with Gasteiger partial charge < -0.3 is 19.5 Å². The Labute approximate surface area is 184 Å². The minimum atomic E-state index is -3.79. The van der Waals surface area contributed by atoms with Gasteiger partial charge >= 0.3 is 5.97 Å². The minimum Gasteiger partial charge on any atom is -0.454 e. The Bertz CT molecular complexity index is 1150. The summed E-state index contributed by atoms with van der Waals surface area (Å²) in [6.45, 7) is -0.404. The Balaban J connectivity index is 1.56. The van der Waals surface area contributed by atoms with Crippen LogP contribution in [0.5, 0.6) is 11.5 Å². The van der Waals surface area contributed by atoms with Gasteiger partial charge in [0.2, 0.25) is 16.8 Å². The van der Waals surface area contributed by atoms with E-state index in [1.807, 2.05) is 0 Å². The van der Waals surface area contributed by atoms with Crippen molar-refractivity contribution in [3.05, 3.63) is 53.1 Å². The maximum Gasteiger partial charge on any atom is 0.331 e. The molecule has 31 heavy (non-hydrogen) atoms. The number of benzene rings is 2. The number of hydrogen-bond acceptors (Lipinski definition) is 7. The summed E-state index contributed by atoms with van der Waals surface area (Å²) < 4.78 is 41.0. The molecule has 1 amide bonds. The second-order valence-electron chi connectivity index (χ2n) is 6.53. The molecule has 0 radical (unpaired) electrons. The van der Waals surface area contributed by atoms with Gasteiger partial charge in [-0.25, -0.2) is 17.5 Å². The molecule has 3 rings (SSSR count). The molecule has 1 heterocycles. The number of halogens is 1. The summed E-state index contributed by atoms with van der Waals surface area (Å²) in [4.78, 5) is 23.8. The lowest BCUT2D eigenvalue weighted by atomic mass is 10.2. The first-order valence-electron chi connectivity index (χ1n) is 8.93. The summed E-state index contributed by atoms with van der Waals surface area (Å²) in [5, 5.41) is 2.49. The highest BCUT2D eigenvalue weighted by Crippen LogP contribution is 2.32. The Hall–Kier alpha value is -3.08. The van der Waals surface area contributed by atoms with E-state index in [1.54, 1.807) is 18.2 Å². The summed E-state index contributed by atoms with van der Waals surface area (Å²) in [7, 11) is -1.05. The molecule has 1 N–H and O–H groups in total. The number of nitrogens with one attached hydrogen (secondary N) is 1. The number of hydrogen-bond donors (Lipinski definition) is 1. The summed E-state index contributed by atoms with van der Waals surface area (Å²) >= 11 is 5.97. The van der Waals surface area contributed by atoms with Crippen molar-refractivity contribution in [3.8, 4) is 11.5 Å². The Morgan fingerprint density at radius 3 is 2.65 bits per heavy atom. The van der Waals surface area contributed by atoms with Crippen molar-refractivity contribution >= 4 is 45.3 Å². The van der Waals surface area contributed by atoms with Crippen LogP contribution in [0.3, 0.4) is 0 Å². The lowest BCUT2D eigenvalue weighted by Crippen LogP contribution is -2.23. The zero-order valence-corrected chi connectivity index (χ0v) is 18.2. The van der Waals surface area contributed by atoms with Gasteiger partial charge in [-0.3, -0.25) is 4.79 Å². The van der Waals surface area contributed by atoms with Crippen LogP contribution in [0.25, 0.3) is 6.08 Å². The molecule has 0 atom stereocenters. The van der Waals surface area contributed by atoms with Crippen molar-refractivity contribution in [1.29, 1.82) is 0 Å². The first-order valence-corrected chi connectivity index (χ1v) is 10.7. The highest BCUT2D eigenvalue weighted by atomic mass is 35.5. The van der Waals surface area contributed by atoms with Crippen LogP contribution >= 0.6 is 11.6 Å². The normalized spacial score (nSPS) is 12.9. The van der Waals surface area contributed by atoms with Crippen molar-refractivity contribution in [2.24, 2.45) is 0 Å². The summed E-state index contributed by atoms with van der Waals surface area (Å²) in [6.07, 6.45) is 2.69. The van der Waals surface area contributed by atoms with Gasteiger partial charge in [-0.2, -0.15) is 0 Å². The Morgan fingerprint density at radius 2 is 1.90 bits per heavy atom. The Morgan fingerprint density at radius 1 is 1.16 bits per heavy atom. The predicted octanol–water partition coefficient (Wildman–Crippen LogP) is 2.51. The molecule has 0 aromatic heterocycles. The molecule has 9 nitrogen and oxygen atoms in total. The van der Waals surface area contributed by atoms with E-state index in [4.69, 9.17) is 25.8 Å². The third-order valence-electron chi connectivity index (χ3n) is 4.13. The van der Waals surface area contributed by atoms with Gasteiger partial charge in [0.05, 0.1) is 5.02 Å². The number of rotatable bonds is 7. The molecule has 0 bridgehead atoms. The standard InChI is InChI=1S/C20H19ClN2O7S/c1-23(2)31(26,27)18-10-14(5-6-15(18)21)22-19(24)11-28-20(25)8-4-13-3-7-16-17(9-13)30-12-29-16/h3-10H,11-12H2,1-2H3,(H,22,24)/b8-4+. The number of carbonyl (C=O) groups excluding carboxylic acids is 2. The number of fused-ring (bicyclic) bond motifs is 1. The first-order chi connectivity index (χ1) is 14.7. The van der Waals surface area contributed by atoms with Crippen molar-refractivity contribution in [2.75, 3.05) is 32.8 Å². The van der Waals surface area contributed by atoms with Crippen molar-refractivity contribution < 1.29 is 32.2 Å². The van der Waals surface area contributed by atoms with Crippen molar-refractivity contribution in [1.82, 2.24) is 4.31 Å². The van der Waals surface area contributed by atoms with E-state index in [0.29, 0.717) is 17.1 Å². The molecule has 0 unspecified atom stereocenters. The largest absolute Gasteiger partial charge is 0.454 e. The van der Waals surface area contributed by atoms with Crippen molar-refractivity contribution in [2.45, 2.75) is 4.90 Å². The molecular formula is C20H19ClN2O7S. The number of esters is 1. The molecule has 164 valence electrons. The van der Waals surface area contributed by atoms with E-state index < -0.39 is 28.5 Å². The fraction of sp³-hybridized carbons (Fsp3) is 0.200. The van der Waals surface area contributed by atoms with E-state index in [2.05, 4.69) is 5.32 Å². The highest BCUT2D eigenvalue weighted by molar-refractivity contribution is 7.89. The quantitative estimate of drug-likeness (QED) is 0.493. The highest BCUT2D eigenvalue weighted by Gasteiger charge is 2.21. The minimum absolute atomic E-state index is 0.0202. The van der Waals surface area contributed by atoms with Crippen LogP contribution in [-0.4, -0.2) is 52.1 Å². The Kier molecular flexibility index (Phi) is 6.84. The van der Waals surface area contributed by atoms with Crippen LogP contribution in [0.1, 0.15) is 5.56 Å². The fourth-order valence-corrected chi connectivity index (χ4v) is 3.93. The summed E-state index contributed by atoms with van der Waals surface area (Å²) in [5.74, 6) is -0.159. The zero-order valence-electron chi connectivity index (χ0n) is 16.6. The van der Waals surface area contributed by atoms with Crippen LogP contribution < -0.4 is 14.8 Å². The van der Waals surface area contributed by atoms with Crippen LogP contribution in [-0.2, 0) is 24.3 Å². The molecule has 11 heteroatoms. The molecule has 2 aromatic rings. The predicted molar refractivity (Wildman–Crippen MR) is 114 cm³/mol. The maximum atomic E-state index is 12.3. The lowest BCUT2D eigenvalue weighted by molar-refractivity contribution is -0.142. The molecule has 1 aliphatic rings. The van der Waals surface area contributed by atoms with Gasteiger partial charge in [-0.1, -0.05) is 17.7 Å². The second kappa shape index (κ2) is 9.38. The van der Waals surface area contributed by atoms with Gasteiger partial charge in [0.25, 0.3) is 5.91 Å². The second-order valence-corrected chi connectivity index (χ2v) is 9.06. The molecule has 0 spiro atoms. The van der Waals surface area contributed by atoms with E-state index in [-0.39, 0.29) is 22.4 Å². The van der Waals surface area contributed by atoms with E-state index in [9.17, 15) is 18.0 Å². The maximum absolute atomic E-state index is 12.3. The summed E-state index contributed by atoms with van der Waals surface area (Å²) in [5.41, 5.74) is 0.892. The number of carbonyl (C=O) groups is 2. The van der Waals surface area contributed by atoms with Gasteiger partial charge in [-0.05, 0) is 42.0 Å². The monoisotopic (exact) mass is 466 g/mol. The van der Waals surface area contributed by atoms with Crippen LogP contribution in [0.2, 0.25) is 5.02 Å². The van der Waals surface area contributed by atoms with Crippen LogP contribution in [0, 0.1) is 0 Å². The molecule has 0 saturated carbocycles. The van der Waals surface area contributed by atoms with Gasteiger partial charge in [0.1, 0.15) is 4.90 Å². The van der Waals surface area contributed by atoms with E-state index >= 15 is 0 Å². The molecule has 2 aromatic carbocycles. The number of nitrogens with zero attached hydrogens (tertiary/aromatic N) is 1. The summed E-state index contributed by atoms with van der Waals surface area (Å²) in [6, 6.07) is 9.20. The molecule has 1 aliphatic heterocycles. The smallest absolute Gasteiger partial charge is 0.331 e. The number of anilines is 1. The fourth-order valence-electron chi connectivity index (χ4n) is 2.54. The van der Waals surface area contributed by atoms with E-state index in [1.165, 1.54) is 44.4 Å². The van der Waals surface area contributed by atoms with Crippen LogP contribution in [0.4, 0.5) is 5.69 Å². The average molecular weight is 467 g/mol. The topological polar surface area (TPSA) is 111 Å². The molecule has 0 fully saturated rings. The molecule has 0 aliphatic carbocycles. The number of ether oxygens (including phenoxy) is 3. The van der Waals surface area contributed by atoms with Gasteiger partial charge in [0, 0.05) is 25.9 Å². The zero-order chi connectivity index (χ0) is 22.6. The molecular weight excluding hydrogens is 448 g/mol. The van der Waals surface area contributed by atoms with Gasteiger partial charge in [0.15, 0.2) is 18.1 Å². The first kappa shape index (κ1) is 22.6. The SMILES string of the molecule is CN(C)S(=O)(=O)c1cc(NC(=O)COC(=O)/C=C/c2ccc3c(c2)OCO3)ccc1Cl. The third-order valence-corrected chi connectivity index (χ3v) is 6.42. The third kappa shape index (κ3) is 5.54. The van der Waals surface area contributed by atoms with E-state index in [0.717, 1.165) is 4.31 Å².